The second kappa shape index (κ2) is 27.7. The Labute approximate surface area is 484 Å². The molecule has 5 N–H and O–H groups in total. The number of halogens is 2. The molecule has 83 heavy (non-hydrogen) atoms. The maximum absolute atomic E-state index is 14.8. The fourth-order valence-electron chi connectivity index (χ4n) is 10.6. The molecule has 3 aliphatic heterocycles. The molecule has 3 aliphatic rings. The molecule has 5 amide bonds. The minimum atomic E-state index is -0.957. The van der Waals surface area contributed by atoms with Crippen LogP contribution in [0, 0.1) is 24.0 Å². The van der Waals surface area contributed by atoms with Crippen LogP contribution in [-0.2, 0) is 39.9 Å². The summed E-state index contributed by atoms with van der Waals surface area (Å²) in [6.07, 6.45) is 5.41. The summed E-state index contributed by atoms with van der Waals surface area (Å²) in [5.74, 6) is -1.59. The maximum atomic E-state index is 14.8. The number of fused-ring (bicyclic) bond motifs is 1. The maximum Gasteiger partial charge on any atom is 0.274 e. The van der Waals surface area contributed by atoms with Gasteiger partial charge in [0.15, 0.2) is 5.65 Å². The Hall–Kier alpha value is -7.51. The van der Waals surface area contributed by atoms with Gasteiger partial charge in [-0.15, -0.1) is 11.3 Å². The Morgan fingerprint density at radius 1 is 0.867 bits per heavy atom. The third-order valence-electron chi connectivity index (χ3n) is 15.0. The first-order chi connectivity index (χ1) is 40.0. The molecule has 0 spiro atoms. The zero-order chi connectivity index (χ0) is 58.6. The number of thiazole rings is 1. The van der Waals surface area contributed by atoms with Crippen molar-refractivity contribution in [2.45, 2.75) is 109 Å². The van der Waals surface area contributed by atoms with Crippen molar-refractivity contribution in [1.29, 1.82) is 0 Å². The number of nitrogens with one attached hydrogen (secondary N) is 4. The average Bonchev–Trinajstić information content (AvgIpc) is 4.44. The second-order valence-corrected chi connectivity index (χ2v) is 22.9. The van der Waals surface area contributed by atoms with E-state index in [4.69, 9.17) is 19.2 Å². The Morgan fingerprint density at radius 3 is 2.33 bits per heavy atom. The zero-order valence-corrected chi connectivity index (χ0v) is 48.0. The normalized spacial score (nSPS) is 17.9. The summed E-state index contributed by atoms with van der Waals surface area (Å²) in [5, 5.41) is 27.0. The number of aryl methyl sites for hydroxylation is 1. The van der Waals surface area contributed by atoms with E-state index < -0.39 is 53.1 Å². The molecule has 24 heteroatoms. The molecule has 0 saturated carbocycles. The van der Waals surface area contributed by atoms with Gasteiger partial charge in [-0.1, -0.05) is 51.1 Å². The number of piperidine rings is 1. The zero-order valence-electron chi connectivity index (χ0n) is 47.2. The van der Waals surface area contributed by atoms with Gasteiger partial charge in [-0.05, 0) is 85.5 Å². The number of aliphatic hydroxyl groups is 1. The van der Waals surface area contributed by atoms with Crippen LogP contribution in [-0.4, -0.2) is 159 Å². The van der Waals surface area contributed by atoms with E-state index in [-0.39, 0.29) is 107 Å². The van der Waals surface area contributed by atoms with E-state index in [9.17, 15) is 37.9 Å². The highest BCUT2D eigenvalue weighted by atomic mass is 32.1. The number of aromatic nitrogens is 5. The van der Waals surface area contributed by atoms with Gasteiger partial charge in [0.2, 0.25) is 23.6 Å². The molecule has 3 saturated heterocycles. The first kappa shape index (κ1) is 60.1. The van der Waals surface area contributed by atoms with Crippen LogP contribution in [0.5, 0.6) is 0 Å². The van der Waals surface area contributed by atoms with Gasteiger partial charge >= 0.3 is 0 Å². The molecule has 9 rings (SSSR count). The van der Waals surface area contributed by atoms with Crippen molar-refractivity contribution in [1.82, 2.24) is 45.0 Å². The highest BCUT2D eigenvalue weighted by Crippen LogP contribution is 2.37. The predicted octanol–water partition coefficient (Wildman–Crippen LogP) is 6.47. The molecule has 0 bridgehead atoms. The summed E-state index contributed by atoms with van der Waals surface area (Å²) in [6.45, 7) is 10.8. The SMILES string of the molecule is Cc1ncsc1-c1ccc(CNC(=O)[C@@H]2C[C@@H](O)CN2C(=O)[C@@H](NC(=O)CCOCCOCCOCCC(=O)N2CCC(Nc3cccc(C(=O)Nc4cnn5ccc(N6CCC[C@@H]6c6cc(F)ccc6F)nc45)n3)CC2)C(C)(C)C)cc1. The fourth-order valence-corrected chi connectivity index (χ4v) is 11.4. The Bertz CT molecular complexity index is 3220. The second-order valence-electron chi connectivity index (χ2n) is 22.1. The third-order valence-corrected chi connectivity index (χ3v) is 16.0. The molecule has 442 valence electrons. The van der Waals surface area contributed by atoms with Crippen LogP contribution >= 0.6 is 11.3 Å². The summed E-state index contributed by atoms with van der Waals surface area (Å²) in [6, 6.07) is 16.0. The number of carbonyl (C=O) groups excluding carboxylic acids is 5. The molecular weight excluding hydrogens is 1090 g/mol. The Morgan fingerprint density at radius 2 is 1.60 bits per heavy atom. The lowest BCUT2D eigenvalue weighted by Gasteiger charge is -2.35. The standard InChI is InChI=1S/C59H72F2N12O9S/c1-37-53(83-36-63-37)39-12-10-38(11-13-39)33-62-57(78)48-32-42(74)35-72(48)58(79)54(59(2,3)4)69-51(75)19-25-80-27-29-82-30-28-81-26-20-52(76)70-22-16-41(17-23-70)65-49-9-5-7-45(66-49)56(77)67-46-34-64-73-24-18-50(68-55(46)73)71-21-6-8-47(71)43-31-40(60)14-15-44(43)61/h5,7,9-15,18,24,31,34,36,41-42,47-48,54,74H,6,8,16-17,19-23,25-30,32-33,35H2,1-4H3,(H,62,78)(H,65,66)(H,67,77)(H,69,75)/t42-,47-,48+,54-/m1/s1. The summed E-state index contributed by atoms with van der Waals surface area (Å²) in [4.78, 5) is 87.0. The topological polar surface area (TPSA) is 247 Å². The van der Waals surface area contributed by atoms with Crippen LogP contribution in [0.3, 0.4) is 0 Å². The smallest absolute Gasteiger partial charge is 0.274 e. The molecule has 21 nitrogen and oxygen atoms in total. The molecular formula is C59H72F2N12O9S. The number of pyridine rings is 1. The highest BCUT2D eigenvalue weighted by Gasteiger charge is 2.44. The largest absolute Gasteiger partial charge is 0.391 e. The molecule has 2 aromatic carbocycles. The highest BCUT2D eigenvalue weighted by molar-refractivity contribution is 7.13. The summed E-state index contributed by atoms with van der Waals surface area (Å²) in [7, 11) is 0. The molecule has 0 aliphatic carbocycles. The number of anilines is 3. The molecule has 0 radical (unpaired) electrons. The number of hydrogen-bond acceptors (Lipinski definition) is 16. The van der Waals surface area contributed by atoms with Gasteiger partial charge in [0.1, 0.15) is 46.7 Å². The molecule has 3 fully saturated rings. The fraction of sp³-hybridized carbons (Fsp3) is 0.475. The van der Waals surface area contributed by atoms with E-state index in [0.29, 0.717) is 61.9 Å². The summed E-state index contributed by atoms with van der Waals surface area (Å²) >= 11 is 1.56. The predicted molar refractivity (Wildman–Crippen MR) is 307 cm³/mol. The van der Waals surface area contributed by atoms with E-state index in [1.807, 2.05) is 61.8 Å². The number of rotatable bonds is 24. The number of hydrogen-bond donors (Lipinski definition) is 5. The van der Waals surface area contributed by atoms with Crippen molar-refractivity contribution in [3.63, 3.8) is 0 Å². The van der Waals surface area contributed by atoms with E-state index in [1.54, 1.807) is 47.3 Å². The van der Waals surface area contributed by atoms with Gasteiger partial charge in [0, 0.05) is 63.4 Å². The van der Waals surface area contributed by atoms with Crippen molar-refractivity contribution in [2.75, 3.05) is 81.4 Å². The van der Waals surface area contributed by atoms with Crippen molar-refractivity contribution in [2.24, 2.45) is 5.41 Å². The number of nitrogens with zero attached hydrogens (tertiary/aromatic N) is 8. The third kappa shape index (κ3) is 15.6. The first-order valence-electron chi connectivity index (χ1n) is 28.2. The lowest BCUT2D eigenvalue weighted by molar-refractivity contribution is -0.144. The Balaban J connectivity index is 0.621. The summed E-state index contributed by atoms with van der Waals surface area (Å²) in [5.41, 5.74) is 5.18. The van der Waals surface area contributed by atoms with Crippen LogP contribution in [0.2, 0.25) is 0 Å². The van der Waals surface area contributed by atoms with Gasteiger partial charge in [0.25, 0.3) is 5.91 Å². The number of aliphatic hydroxyl groups excluding tert-OH is 1. The minimum absolute atomic E-state index is 0.00636. The van der Waals surface area contributed by atoms with Gasteiger partial charge in [-0.3, -0.25) is 24.0 Å². The van der Waals surface area contributed by atoms with Crippen LogP contribution in [0.25, 0.3) is 16.1 Å². The Kier molecular flexibility index (Phi) is 20.1. The van der Waals surface area contributed by atoms with Gasteiger partial charge in [-0.2, -0.15) is 5.10 Å². The molecule has 0 unspecified atom stereocenters. The van der Waals surface area contributed by atoms with Crippen molar-refractivity contribution < 1.29 is 52.1 Å². The molecule has 4 aromatic heterocycles. The molecule has 6 aromatic rings. The van der Waals surface area contributed by atoms with Gasteiger partial charge in [-0.25, -0.2) is 28.2 Å². The number of ether oxygens (including phenoxy) is 3. The van der Waals surface area contributed by atoms with Crippen molar-refractivity contribution in [3.8, 4) is 10.4 Å². The van der Waals surface area contributed by atoms with Crippen molar-refractivity contribution >= 4 is 63.8 Å². The number of likely N-dealkylation sites (tertiary alicyclic amines) is 2. The molecule has 7 heterocycles. The van der Waals surface area contributed by atoms with E-state index >= 15 is 0 Å². The van der Waals surface area contributed by atoms with E-state index in [1.165, 1.54) is 21.7 Å². The van der Waals surface area contributed by atoms with Crippen molar-refractivity contribution in [3.05, 3.63) is 119 Å². The van der Waals surface area contributed by atoms with Gasteiger partial charge in [0.05, 0.1) is 80.5 Å². The van der Waals surface area contributed by atoms with E-state index in [2.05, 4.69) is 36.3 Å². The quantitative estimate of drug-likeness (QED) is 0.0408. The number of amides is 5. The number of β-amino-alcohol motifs (C(OH)–C–C–N with tert-alkyl or cyclic N) is 1. The lowest BCUT2D eigenvalue weighted by atomic mass is 9.85. The van der Waals surface area contributed by atoms with Crippen LogP contribution < -0.4 is 26.2 Å². The number of carbonyl (C=O) groups is 5. The van der Waals surface area contributed by atoms with E-state index in [0.717, 1.165) is 40.3 Å². The lowest BCUT2D eigenvalue weighted by Crippen LogP contribution is -2.57. The van der Waals surface area contributed by atoms with Crippen LogP contribution in [0.4, 0.5) is 26.1 Å². The molecule has 4 atom stereocenters. The number of benzene rings is 2. The minimum Gasteiger partial charge on any atom is -0.391 e. The van der Waals surface area contributed by atoms with Gasteiger partial charge < -0.3 is 55.3 Å². The van der Waals surface area contributed by atoms with Crippen LogP contribution in [0.1, 0.15) is 99.1 Å². The average molecular weight is 1160 g/mol. The van der Waals surface area contributed by atoms with Crippen LogP contribution in [0.15, 0.2) is 84.6 Å². The summed E-state index contributed by atoms with van der Waals surface area (Å²) < 4.78 is 47.3. The monoisotopic (exact) mass is 1160 g/mol. The first-order valence-corrected chi connectivity index (χ1v) is 29.0.